The zero-order chi connectivity index (χ0) is 11.2. The lowest BCUT2D eigenvalue weighted by Crippen LogP contribution is -2.62. The lowest BCUT2D eigenvalue weighted by Gasteiger charge is -2.53. The molecule has 16 heavy (non-hydrogen) atoms. The van der Waals surface area contributed by atoms with Gasteiger partial charge in [-0.25, -0.2) is 0 Å². The fourth-order valence-corrected chi connectivity index (χ4v) is 2.72. The Morgan fingerprint density at radius 2 is 1.56 bits per heavy atom. The number of hydrogen-bond donors (Lipinski definition) is 0. The molecule has 0 amide bonds. The topological polar surface area (TPSA) is 44.8 Å². The van der Waals surface area contributed by atoms with E-state index in [1.165, 1.54) is 0 Å². The van der Waals surface area contributed by atoms with Gasteiger partial charge in [0.1, 0.15) is 5.78 Å². The number of carbonyl (C=O) groups is 1. The van der Waals surface area contributed by atoms with Crippen molar-refractivity contribution in [2.45, 2.75) is 38.6 Å². The molecule has 4 aliphatic rings. The van der Waals surface area contributed by atoms with Gasteiger partial charge in [-0.15, -0.1) is 0 Å². The zero-order valence-corrected chi connectivity index (χ0v) is 9.66. The van der Waals surface area contributed by atoms with Gasteiger partial charge < -0.3 is 14.2 Å². The first-order valence-electron chi connectivity index (χ1n) is 6.06. The molecule has 3 heterocycles. The minimum atomic E-state index is -0.835. The molecule has 0 unspecified atom stereocenters. The number of hydrogen-bond acceptors (Lipinski definition) is 4. The van der Waals surface area contributed by atoms with Gasteiger partial charge in [0, 0.05) is 24.2 Å². The summed E-state index contributed by atoms with van der Waals surface area (Å²) in [5.74, 6) is -0.266. The van der Waals surface area contributed by atoms with Gasteiger partial charge >= 0.3 is 0 Å². The molecular formula is C12H18O4. The van der Waals surface area contributed by atoms with E-state index in [1.54, 1.807) is 0 Å². The highest BCUT2D eigenvalue weighted by Crippen LogP contribution is 2.45. The lowest BCUT2D eigenvalue weighted by molar-refractivity contribution is -0.485. The zero-order valence-electron chi connectivity index (χ0n) is 9.66. The van der Waals surface area contributed by atoms with E-state index < -0.39 is 5.97 Å². The monoisotopic (exact) mass is 226 g/mol. The molecule has 2 bridgehead atoms. The molecule has 90 valence electrons. The Labute approximate surface area is 95.2 Å². The van der Waals surface area contributed by atoms with Gasteiger partial charge in [0.05, 0.1) is 19.8 Å². The van der Waals surface area contributed by atoms with Gasteiger partial charge in [-0.2, -0.15) is 0 Å². The Kier molecular flexibility index (Phi) is 2.35. The van der Waals surface area contributed by atoms with Gasteiger partial charge in [0.15, 0.2) is 0 Å². The Balaban J connectivity index is 1.72. The van der Waals surface area contributed by atoms with Crippen LogP contribution in [0.15, 0.2) is 0 Å². The predicted molar refractivity (Wildman–Crippen MR) is 55.7 cm³/mol. The van der Waals surface area contributed by atoms with Crippen molar-refractivity contribution >= 4 is 5.78 Å². The third kappa shape index (κ3) is 1.60. The minimum Gasteiger partial charge on any atom is -0.326 e. The normalized spacial score (nSPS) is 44.9. The number of ketones is 1. The van der Waals surface area contributed by atoms with Crippen LogP contribution in [0.25, 0.3) is 0 Å². The van der Waals surface area contributed by atoms with Crippen molar-refractivity contribution < 1.29 is 19.0 Å². The van der Waals surface area contributed by atoms with Crippen LogP contribution in [0, 0.1) is 11.3 Å². The van der Waals surface area contributed by atoms with Crippen molar-refractivity contribution in [3.05, 3.63) is 0 Å². The number of Topliss-reactive ketones (excluding diaryl/α,β-unsaturated/α-hetero) is 1. The van der Waals surface area contributed by atoms with Crippen LogP contribution in [-0.4, -0.2) is 31.6 Å². The maximum absolute atomic E-state index is 11.2. The molecule has 4 fully saturated rings. The van der Waals surface area contributed by atoms with Crippen LogP contribution in [0.4, 0.5) is 0 Å². The summed E-state index contributed by atoms with van der Waals surface area (Å²) in [4.78, 5) is 11.2. The van der Waals surface area contributed by atoms with E-state index >= 15 is 0 Å². The van der Waals surface area contributed by atoms with Crippen molar-refractivity contribution in [2.75, 3.05) is 19.8 Å². The highest BCUT2D eigenvalue weighted by molar-refractivity contribution is 5.79. The quantitative estimate of drug-likeness (QED) is 0.679. The maximum Gasteiger partial charge on any atom is 0.285 e. The van der Waals surface area contributed by atoms with E-state index in [0.717, 1.165) is 12.8 Å². The third-order valence-corrected chi connectivity index (χ3v) is 3.91. The van der Waals surface area contributed by atoms with Gasteiger partial charge in [-0.3, -0.25) is 4.79 Å². The van der Waals surface area contributed by atoms with Crippen molar-refractivity contribution in [2.24, 2.45) is 11.3 Å². The van der Waals surface area contributed by atoms with Crippen LogP contribution in [0.2, 0.25) is 0 Å². The Morgan fingerprint density at radius 1 is 1.06 bits per heavy atom. The van der Waals surface area contributed by atoms with E-state index in [4.69, 9.17) is 14.2 Å². The fourth-order valence-electron chi connectivity index (χ4n) is 2.72. The molecule has 1 saturated carbocycles. The average molecular weight is 226 g/mol. The van der Waals surface area contributed by atoms with Gasteiger partial charge in [0.25, 0.3) is 5.97 Å². The van der Waals surface area contributed by atoms with Crippen molar-refractivity contribution in [3.63, 3.8) is 0 Å². The van der Waals surface area contributed by atoms with E-state index in [1.807, 2.05) is 0 Å². The first-order valence-corrected chi connectivity index (χ1v) is 6.06. The predicted octanol–water partition coefficient (Wildman–Crippen LogP) is 1.48. The van der Waals surface area contributed by atoms with E-state index in [9.17, 15) is 4.79 Å². The van der Waals surface area contributed by atoms with Crippen LogP contribution >= 0.6 is 0 Å². The Hall–Kier alpha value is -0.450. The standard InChI is InChI=1S/C12H18O4/c1-11-6-14-12(15-7-11,16-8-11)9-2-4-10(13)5-3-9/h9H,2-8H2,1H3. The van der Waals surface area contributed by atoms with Gasteiger partial charge in [0.2, 0.25) is 0 Å². The summed E-state index contributed by atoms with van der Waals surface area (Å²) in [5.41, 5.74) is 0.0201. The summed E-state index contributed by atoms with van der Waals surface area (Å²) >= 11 is 0. The van der Waals surface area contributed by atoms with E-state index in [0.29, 0.717) is 38.4 Å². The molecule has 0 aromatic heterocycles. The molecule has 4 rings (SSSR count). The van der Waals surface area contributed by atoms with Crippen molar-refractivity contribution in [1.82, 2.24) is 0 Å². The van der Waals surface area contributed by atoms with Crippen LogP contribution in [-0.2, 0) is 19.0 Å². The SMILES string of the molecule is CC12COC(C3CCC(=O)CC3)(OC1)OC2. The molecule has 0 aromatic carbocycles. The smallest absolute Gasteiger partial charge is 0.285 e. The largest absolute Gasteiger partial charge is 0.326 e. The second kappa shape index (κ2) is 3.52. The number of ether oxygens (including phenoxy) is 3. The number of fused-ring (bicyclic) bond motifs is 3. The highest BCUT2D eigenvalue weighted by atomic mass is 16.9. The summed E-state index contributed by atoms with van der Waals surface area (Å²) < 4.78 is 17.4. The first kappa shape index (κ1) is 10.7. The number of rotatable bonds is 1. The molecule has 0 aromatic rings. The summed E-state index contributed by atoms with van der Waals surface area (Å²) in [6, 6.07) is 0. The molecule has 0 N–H and O–H groups in total. The molecule has 4 nitrogen and oxygen atoms in total. The maximum atomic E-state index is 11.2. The highest BCUT2D eigenvalue weighted by Gasteiger charge is 2.54. The van der Waals surface area contributed by atoms with Gasteiger partial charge in [-0.05, 0) is 12.8 Å². The molecule has 0 atom stereocenters. The second-order valence-electron chi connectivity index (χ2n) is 5.59. The summed E-state index contributed by atoms with van der Waals surface area (Å²) in [6.07, 6.45) is 2.94. The Morgan fingerprint density at radius 3 is 2.06 bits per heavy atom. The summed E-state index contributed by atoms with van der Waals surface area (Å²) in [6.45, 7) is 4.23. The fraction of sp³-hybridized carbons (Fsp3) is 0.917. The lowest BCUT2D eigenvalue weighted by atomic mass is 9.83. The van der Waals surface area contributed by atoms with Crippen molar-refractivity contribution in [1.29, 1.82) is 0 Å². The average Bonchev–Trinajstić information content (AvgIpc) is 2.31. The van der Waals surface area contributed by atoms with Crippen LogP contribution in [0.5, 0.6) is 0 Å². The van der Waals surface area contributed by atoms with E-state index in [2.05, 4.69) is 6.92 Å². The molecule has 1 aliphatic carbocycles. The number of carbonyl (C=O) groups excluding carboxylic acids is 1. The van der Waals surface area contributed by atoms with E-state index in [-0.39, 0.29) is 11.3 Å². The minimum absolute atomic E-state index is 0.0201. The molecule has 3 aliphatic heterocycles. The molecule has 3 saturated heterocycles. The van der Waals surface area contributed by atoms with Gasteiger partial charge in [-0.1, -0.05) is 6.92 Å². The molecule has 0 radical (unpaired) electrons. The first-order chi connectivity index (χ1) is 7.62. The van der Waals surface area contributed by atoms with Crippen LogP contribution in [0.3, 0.4) is 0 Å². The van der Waals surface area contributed by atoms with Crippen molar-refractivity contribution in [3.8, 4) is 0 Å². The molecular weight excluding hydrogens is 208 g/mol. The third-order valence-electron chi connectivity index (χ3n) is 3.91. The van der Waals surface area contributed by atoms with Crippen LogP contribution < -0.4 is 0 Å². The molecule has 0 spiro atoms. The second-order valence-corrected chi connectivity index (χ2v) is 5.59. The Bertz CT molecular complexity index is 278. The molecule has 4 heteroatoms. The van der Waals surface area contributed by atoms with Crippen LogP contribution in [0.1, 0.15) is 32.6 Å². The summed E-state index contributed by atoms with van der Waals surface area (Å²) in [5, 5.41) is 0. The summed E-state index contributed by atoms with van der Waals surface area (Å²) in [7, 11) is 0.